The fourth-order valence-corrected chi connectivity index (χ4v) is 3.11. The maximum Gasteiger partial charge on any atom is 0.195 e. The van der Waals surface area contributed by atoms with Gasteiger partial charge < -0.3 is 10.2 Å². The number of benzene rings is 1. The highest BCUT2D eigenvalue weighted by atomic mass is 79.9. The van der Waals surface area contributed by atoms with E-state index >= 15 is 0 Å². The quantitative estimate of drug-likeness (QED) is 0.875. The standard InChI is InChI=1S/C12H15BrClN3/c1-7(2)8-3-4-9(13)11(10(8)14)17-6-5-16-12(17)15/h3-4,7H,5-6H2,1-2H3,(H2,15,16). The predicted octanol–water partition coefficient (Wildman–Crippen LogP) is 3.57. The van der Waals surface area contributed by atoms with Crippen LogP contribution < -0.4 is 10.2 Å². The minimum Gasteiger partial charge on any atom is -0.354 e. The maximum absolute atomic E-state index is 7.85. The fourth-order valence-electron chi connectivity index (χ4n) is 1.97. The summed E-state index contributed by atoms with van der Waals surface area (Å²) in [5, 5.41) is 11.6. The van der Waals surface area contributed by atoms with Gasteiger partial charge in [-0.25, -0.2) is 0 Å². The molecule has 1 aliphatic rings. The zero-order valence-electron chi connectivity index (χ0n) is 9.85. The van der Waals surface area contributed by atoms with Crippen LogP contribution in [0.2, 0.25) is 5.02 Å². The van der Waals surface area contributed by atoms with Crippen LogP contribution in [0.1, 0.15) is 25.3 Å². The van der Waals surface area contributed by atoms with Crippen LogP contribution in [0.5, 0.6) is 0 Å². The highest BCUT2D eigenvalue weighted by Gasteiger charge is 2.24. The zero-order chi connectivity index (χ0) is 12.6. The van der Waals surface area contributed by atoms with Gasteiger partial charge in [-0.2, -0.15) is 0 Å². The summed E-state index contributed by atoms with van der Waals surface area (Å²) in [4.78, 5) is 1.90. The van der Waals surface area contributed by atoms with Gasteiger partial charge in [-0.3, -0.25) is 5.41 Å². The van der Waals surface area contributed by atoms with Gasteiger partial charge in [0, 0.05) is 17.6 Å². The minimum atomic E-state index is 0.374. The second-order valence-electron chi connectivity index (χ2n) is 4.38. The monoisotopic (exact) mass is 315 g/mol. The number of hydrogen-bond donors (Lipinski definition) is 2. The van der Waals surface area contributed by atoms with Gasteiger partial charge in [-0.05, 0) is 33.5 Å². The Morgan fingerprint density at radius 3 is 2.71 bits per heavy atom. The third-order valence-electron chi connectivity index (χ3n) is 2.89. The van der Waals surface area contributed by atoms with Gasteiger partial charge in [-0.1, -0.05) is 31.5 Å². The molecule has 0 saturated carbocycles. The van der Waals surface area contributed by atoms with Crippen LogP contribution in [0.25, 0.3) is 0 Å². The van der Waals surface area contributed by atoms with Crippen LogP contribution in [-0.4, -0.2) is 19.0 Å². The summed E-state index contributed by atoms with van der Waals surface area (Å²) >= 11 is 9.98. The summed E-state index contributed by atoms with van der Waals surface area (Å²) in [5.41, 5.74) is 2.01. The lowest BCUT2D eigenvalue weighted by molar-refractivity contribution is 0.865. The van der Waals surface area contributed by atoms with Gasteiger partial charge in [0.05, 0.1) is 10.7 Å². The van der Waals surface area contributed by atoms with Crippen molar-refractivity contribution in [2.45, 2.75) is 19.8 Å². The molecule has 1 aromatic rings. The Kier molecular flexibility index (Phi) is 3.64. The molecule has 3 nitrogen and oxygen atoms in total. The zero-order valence-corrected chi connectivity index (χ0v) is 12.2. The first-order valence-electron chi connectivity index (χ1n) is 5.60. The summed E-state index contributed by atoms with van der Waals surface area (Å²) in [6.45, 7) is 5.80. The average molecular weight is 317 g/mol. The van der Waals surface area contributed by atoms with E-state index in [0.717, 1.165) is 33.8 Å². The molecule has 0 amide bonds. The summed E-state index contributed by atoms with van der Waals surface area (Å²) in [5.74, 6) is 0.785. The van der Waals surface area contributed by atoms with E-state index in [4.69, 9.17) is 17.0 Å². The molecule has 92 valence electrons. The molecule has 0 aromatic heterocycles. The highest BCUT2D eigenvalue weighted by Crippen LogP contribution is 2.39. The van der Waals surface area contributed by atoms with Crippen LogP contribution in [0.3, 0.4) is 0 Å². The van der Waals surface area contributed by atoms with Crippen LogP contribution in [0, 0.1) is 5.41 Å². The van der Waals surface area contributed by atoms with Crippen molar-refractivity contribution in [3.63, 3.8) is 0 Å². The maximum atomic E-state index is 7.85. The van der Waals surface area contributed by atoms with Crippen LogP contribution in [0.4, 0.5) is 5.69 Å². The molecule has 2 N–H and O–H groups in total. The molecule has 2 rings (SSSR count). The molecule has 1 saturated heterocycles. The number of anilines is 1. The smallest absolute Gasteiger partial charge is 0.195 e. The molecular formula is C12H15BrClN3. The number of rotatable bonds is 2. The van der Waals surface area contributed by atoms with E-state index in [1.807, 2.05) is 17.0 Å². The molecule has 0 radical (unpaired) electrons. The average Bonchev–Trinajstić information content (AvgIpc) is 2.64. The van der Waals surface area contributed by atoms with E-state index in [2.05, 4.69) is 35.1 Å². The van der Waals surface area contributed by atoms with E-state index < -0.39 is 0 Å². The van der Waals surface area contributed by atoms with Crippen molar-refractivity contribution >= 4 is 39.2 Å². The molecule has 5 heteroatoms. The van der Waals surface area contributed by atoms with Gasteiger partial charge in [0.2, 0.25) is 0 Å². The first-order valence-corrected chi connectivity index (χ1v) is 6.77. The normalized spacial score (nSPS) is 15.6. The Labute approximate surface area is 115 Å². The Balaban J connectivity index is 2.52. The SMILES string of the molecule is CC(C)c1ccc(Br)c(N2CCNC2=N)c1Cl. The van der Waals surface area contributed by atoms with Crippen molar-refractivity contribution < 1.29 is 0 Å². The van der Waals surface area contributed by atoms with E-state index in [1.165, 1.54) is 0 Å². The largest absolute Gasteiger partial charge is 0.354 e. The molecule has 1 heterocycles. The lowest BCUT2D eigenvalue weighted by Crippen LogP contribution is -2.29. The molecule has 1 aromatic carbocycles. The molecule has 1 fully saturated rings. The topological polar surface area (TPSA) is 39.1 Å². The molecule has 17 heavy (non-hydrogen) atoms. The first kappa shape index (κ1) is 12.7. The van der Waals surface area contributed by atoms with Gasteiger partial charge in [0.1, 0.15) is 0 Å². The van der Waals surface area contributed by atoms with Gasteiger partial charge in [0.25, 0.3) is 0 Å². The summed E-state index contributed by atoms with van der Waals surface area (Å²) in [7, 11) is 0. The summed E-state index contributed by atoms with van der Waals surface area (Å²) < 4.78 is 0.931. The van der Waals surface area contributed by atoms with Crippen molar-refractivity contribution in [3.8, 4) is 0 Å². The molecule has 0 spiro atoms. The molecule has 0 atom stereocenters. The fraction of sp³-hybridized carbons (Fsp3) is 0.417. The van der Waals surface area contributed by atoms with Crippen molar-refractivity contribution in [1.29, 1.82) is 5.41 Å². The minimum absolute atomic E-state index is 0.374. The number of guanidine groups is 1. The number of halogens is 2. The highest BCUT2D eigenvalue weighted by molar-refractivity contribution is 9.10. The Hall–Kier alpha value is -0.740. The second-order valence-corrected chi connectivity index (χ2v) is 5.61. The molecule has 1 aliphatic heterocycles. The number of nitrogens with zero attached hydrogens (tertiary/aromatic N) is 1. The van der Waals surface area contributed by atoms with E-state index in [1.54, 1.807) is 0 Å². The predicted molar refractivity (Wildman–Crippen MR) is 76.3 cm³/mol. The lowest BCUT2D eigenvalue weighted by atomic mass is 10.0. The molecule has 0 aliphatic carbocycles. The van der Waals surface area contributed by atoms with Gasteiger partial charge in [0.15, 0.2) is 5.96 Å². The molecule has 0 bridgehead atoms. The van der Waals surface area contributed by atoms with E-state index in [9.17, 15) is 0 Å². The van der Waals surface area contributed by atoms with Crippen LogP contribution in [0.15, 0.2) is 16.6 Å². The van der Waals surface area contributed by atoms with Crippen molar-refractivity contribution in [3.05, 3.63) is 27.2 Å². The Morgan fingerprint density at radius 2 is 2.18 bits per heavy atom. The van der Waals surface area contributed by atoms with Crippen LogP contribution >= 0.6 is 27.5 Å². The van der Waals surface area contributed by atoms with Gasteiger partial charge in [-0.15, -0.1) is 0 Å². The Morgan fingerprint density at radius 1 is 1.47 bits per heavy atom. The Bertz CT molecular complexity index is 459. The molecule has 0 unspecified atom stereocenters. The molecular weight excluding hydrogens is 302 g/mol. The van der Waals surface area contributed by atoms with Crippen LogP contribution in [-0.2, 0) is 0 Å². The van der Waals surface area contributed by atoms with Gasteiger partial charge >= 0.3 is 0 Å². The van der Waals surface area contributed by atoms with Crippen molar-refractivity contribution in [1.82, 2.24) is 5.32 Å². The number of nitrogens with one attached hydrogen (secondary N) is 2. The summed E-state index contributed by atoms with van der Waals surface area (Å²) in [6.07, 6.45) is 0. The third-order valence-corrected chi connectivity index (χ3v) is 3.92. The van der Waals surface area contributed by atoms with Crippen molar-refractivity contribution in [2.24, 2.45) is 0 Å². The second kappa shape index (κ2) is 4.86. The summed E-state index contributed by atoms with van der Waals surface area (Å²) in [6, 6.07) is 4.04. The third kappa shape index (κ3) is 2.29. The van der Waals surface area contributed by atoms with E-state index in [-0.39, 0.29) is 0 Å². The van der Waals surface area contributed by atoms with Crippen molar-refractivity contribution in [2.75, 3.05) is 18.0 Å². The number of hydrogen-bond acceptors (Lipinski definition) is 1. The van der Waals surface area contributed by atoms with E-state index in [0.29, 0.717) is 11.9 Å². The lowest BCUT2D eigenvalue weighted by Gasteiger charge is -2.22. The first-order chi connectivity index (χ1) is 8.02.